The van der Waals surface area contributed by atoms with E-state index in [4.69, 9.17) is 11.6 Å². The summed E-state index contributed by atoms with van der Waals surface area (Å²) < 4.78 is 15.9. The fourth-order valence-corrected chi connectivity index (χ4v) is 4.83. The Labute approximate surface area is 183 Å². The molecule has 0 bridgehead atoms. The minimum absolute atomic E-state index is 0.113. The van der Waals surface area contributed by atoms with E-state index in [0.717, 1.165) is 0 Å². The van der Waals surface area contributed by atoms with Crippen molar-refractivity contribution in [2.75, 3.05) is 16.8 Å². The summed E-state index contributed by atoms with van der Waals surface area (Å²) in [6.45, 7) is 4.49. The summed E-state index contributed by atoms with van der Waals surface area (Å²) in [5.41, 5.74) is 0.907. The Morgan fingerprint density at radius 3 is 2.68 bits per heavy atom. The minimum atomic E-state index is -1.33. The number of nitrogens with one attached hydrogen (secondary N) is 1. The highest BCUT2D eigenvalue weighted by Gasteiger charge is 2.57. The Morgan fingerprint density at radius 1 is 1.16 bits per heavy atom. The number of amides is 2. The summed E-state index contributed by atoms with van der Waals surface area (Å²) in [6.07, 6.45) is 1.46. The van der Waals surface area contributed by atoms with Crippen molar-refractivity contribution in [2.45, 2.75) is 25.7 Å². The normalized spacial score (nSPS) is 19.7. The smallest absolute Gasteiger partial charge is 0.242 e. The molecule has 31 heavy (non-hydrogen) atoms. The first-order valence-corrected chi connectivity index (χ1v) is 10.5. The molecule has 3 heterocycles. The Morgan fingerprint density at radius 2 is 1.94 bits per heavy atom. The molecule has 2 amide bonds. The summed E-state index contributed by atoms with van der Waals surface area (Å²) in [6, 6.07) is 11.4. The second-order valence-corrected chi connectivity index (χ2v) is 8.78. The predicted molar refractivity (Wildman–Crippen MR) is 116 cm³/mol. The van der Waals surface area contributed by atoms with E-state index in [-0.39, 0.29) is 24.2 Å². The SMILES string of the molecule is CC(C)CN1C(=O)C2(CC(=O)Nc3c2cnn3-c2ccccc2Cl)c2cc(F)ccc21. The standard InChI is InChI=1S/C23H20ClFN4O2/c1-13(2)12-28-18-8-7-14(25)9-15(18)23(22(28)31)10-20(30)27-21-16(23)11-26-29(21)19-6-4-3-5-17(19)24/h3-9,11,13H,10,12H2,1-2H3,(H,27,30). The van der Waals surface area contributed by atoms with Gasteiger partial charge in [0.1, 0.15) is 17.1 Å². The van der Waals surface area contributed by atoms with Gasteiger partial charge in [-0.2, -0.15) is 5.10 Å². The molecule has 2 aromatic carbocycles. The number of para-hydroxylation sites is 1. The Bertz CT molecular complexity index is 1240. The molecule has 0 saturated carbocycles. The maximum absolute atomic E-state index is 14.3. The third kappa shape index (κ3) is 2.80. The van der Waals surface area contributed by atoms with E-state index < -0.39 is 11.2 Å². The second kappa shape index (κ2) is 6.92. The van der Waals surface area contributed by atoms with Crippen molar-refractivity contribution >= 4 is 34.9 Å². The molecule has 0 radical (unpaired) electrons. The van der Waals surface area contributed by atoms with E-state index >= 15 is 0 Å². The number of anilines is 2. The van der Waals surface area contributed by atoms with Crippen molar-refractivity contribution in [1.82, 2.24) is 9.78 Å². The molecule has 158 valence electrons. The first kappa shape index (κ1) is 19.8. The average molecular weight is 439 g/mol. The van der Waals surface area contributed by atoms with Crippen LogP contribution >= 0.6 is 11.6 Å². The van der Waals surface area contributed by atoms with Gasteiger partial charge in [0, 0.05) is 24.2 Å². The third-order valence-corrected chi connectivity index (χ3v) is 6.18. The molecule has 0 fully saturated rings. The number of rotatable bonds is 3. The minimum Gasteiger partial charge on any atom is -0.311 e. The van der Waals surface area contributed by atoms with Crippen molar-refractivity contribution in [3.8, 4) is 5.69 Å². The number of nitrogens with zero attached hydrogens (tertiary/aromatic N) is 3. The quantitative estimate of drug-likeness (QED) is 0.663. The molecule has 1 N–H and O–H groups in total. The number of carbonyl (C=O) groups excluding carboxylic acids is 2. The lowest BCUT2D eigenvalue weighted by Gasteiger charge is -2.32. The maximum atomic E-state index is 14.3. The molecule has 0 saturated heterocycles. The first-order chi connectivity index (χ1) is 14.8. The molecule has 2 aliphatic heterocycles. The largest absolute Gasteiger partial charge is 0.311 e. The van der Waals surface area contributed by atoms with Gasteiger partial charge in [-0.05, 0) is 41.8 Å². The van der Waals surface area contributed by atoms with E-state index in [2.05, 4.69) is 10.4 Å². The summed E-state index contributed by atoms with van der Waals surface area (Å²) in [4.78, 5) is 28.4. The zero-order chi connectivity index (χ0) is 21.9. The van der Waals surface area contributed by atoms with E-state index in [0.29, 0.717) is 39.9 Å². The predicted octanol–water partition coefficient (Wildman–Crippen LogP) is 4.30. The molecule has 8 heteroatoms. The molecular formula is C23H20ClFN4O2. The summed E-state index contributed by atoms with van der Waals surface area (Å²) in [5.74, 6) is -0.463. The van der Waals surface area contributed by atoms with Gasteiger partial charge < -0.3 is 10.2 Å². The van der Waals surface area contributed by atoms with Gasteiger partial charge in [-0.25, -0.2) is 9.07 Å². The van der Waals surface area contributed by atoms with E-state index in [9.17, 15) is 14.0 Å². The molecule has 1 atom stereocenters. The topological polar surface area (TPSA) is 67.2 Å². The van der Waals surface area contributed by atoms with Crippen molar-refractivity contribution in [3.63, 3.8) is 0 Å². The number of halogens is 2. The van der Waals surface area contributed by atoms with Gasteiger partial charge in [0.05, 0.1) is 16.9 Å². The van der Waals surface area contributed by atoms with Crippen LogP contribution in [0.2, 0.25) is 5.02 Å². The Balaban J connectivity index is 1.77. The summed E-state index contributed by atoms with van der Waals surface area (Å²) >= 11 is 6.36. The van der Waals surface area contributed by atoms with Crippen LogP contribution in [0.4, 0.5) is 15.9 Å². The monoisotopic (exact) mass is 438 g/mol. The number of carbonyl (C=O) groups is 2. The number of hydrogen-bond donors (Lipinski definition) is 1. The lowest BCUT2D eigenvalue weighted by atomic mass is 9.71. The number of fused-ring (bicyclic) bond motifs is 4. The van der Waals surface area contributed by atoms with Gasteiger partial charge >= 0.3 is 0 Å². The lowest BCUT2D eigenvalue weighted by Crippen LogP contribution is -2.47. The molecule has 0 aliphatic carbocycles. The number of aromatic nitrogens is 2. The molecule has 1 spiro atoms. The van der Waals surface area contributed by atoms with Gasteiger partial charge in [-0.1, -0.05) is 37.6 Å². The molecule has 1 aromatic heterocycles. The highest BCUT2D eigenvalue weighted by atomic mass is 35.5. The first-order valence-electron chi connectivity index (χ1n) is 10.1. The molecule has 5 rings (SSSR count). The van der Waals surface area contributed by atoms with Crippen LogP contribution in [0, 0.1) is 11.7 Å². The van der Waals surface area contributed by atoms with Crippen LogP contribution in [0.1, 0.15) is 31.4 Å². The van der Waals surface area contributed by atoms with Crippen LogP contribution in [0.25, 0.3) is 5.69 Å². The van der Waals surface area contributed by atoms with Crippen molar-refractivity contribution in [2.24, 2.45) is 5.92 Å². The molecule has 3 aromatic rings. The highest BCUT2D eigenvalue weighted by molar-refractivity contribution is 6.32. The molecule has 1 unspecified atom stereocenters. The Hall–Kier alpha value is -3.19. The van der Waals surface area contributed by atoms with Crippen molar-refractivity contribution in [3.05, 3.63) is 70.6 Å². The second-order valence-electron chi connectivity index (χ2n) is 8.37. The molecular weight excluding hydrogens is 419 g/mol. The molecule has 2 aliphatic rings. The van der Waals surface area contributed by atoms with Gasteiger partial charge in [-0.3, -0.25) is 9.59 Å². The van der Waals surface area contributed by atoms with E-state index in [1.807, 2.05) is 19.9 Å². The van der Waals surface area contributed by atoms with Gasteiger partial charge in [0.2, 0.25) is 11.8 Å². The van der Waals surface area contributed by atoms with Crippen LogP contribution in [0.3, 0.4) is 0 Å². The number of hydrogen-bond acceptors (Lipinski definition) is 3. The van der Waals surface area contributed by atoms with Gasteiger partial charge in [-0.15, -0.1) is 0 Å². The van der Waals surface area contributed by atoms with Crippen LogP contribution in [0.15, 0.2) is 48.7 Å². The van der Waals surface area contributed by atoms with Gasteiger partial charge in [0.15, 0.2) is 0 Å². The fraction of sp³-hybridized carbons (Fsp3) is 0.261. The average Bonchev–Trinajstić information content (AvgIpc) is 3.22. The van der Waals surface area contributed by atoms with Gasteiger partial charge in [0.25, 0.3) is 0 Å². The summed E-state index contributed by atoms with van der Waals surface area (Å²) in [5, 5.41) is 7.75. The van der Waals surface area contributed by atoms with Crippen molar-refractivity contribution in [1.29, 1.82) is 0 Å². The van der Waals surface area contributed by atoms with E-state index in [1.54, 1.807) is 35.4 Å². The van der Waals surface area contributed by atoms with E-state index in [1.165, 1.54) is 16.8 Å². The molecule has 6 nitrogen and oxygen atoms in total. The van der Waals surface area contributed by atoms with Crippen molar-refractivity contribution < 1.29 is 14.0 Å². The zero-order valence-electron chi connectivity index (χ0n) is 17.0. The lowest BCUT2D eigenvalue weighted by molar-refractivity contribution is -0.126. The number of benzene rings is 2. The van der Waals surface area contributed by atoms with Crippen LogP contribution in [0.5, 0.6) is 0 Å². The highest BCUT2D eigenvalue weighted by Crippen LogP contribution is 2.52. The van der Waals surface area contributed by atoms with Crippen LogP contribution in [-0.4, -0.2) is 28.1 Å². The zero-order valence-corrected chi connectivity index (χ0v) is 17.8. The Kier molecular flexibility index (Phi) is 4.41. The van der Waals surface area contributed by atoms with Crippen LogP contribution < -0.4 is 10.2 Å². The third-order valence-electron chi connectivity index (χ3n) is 5.86. The summed E-state index contributed by atoms with van der Waals surface area (Å²) in [7, 11) is 0. The maximum Gasteiger partial charge on any atom is 0.242 e. The fourth-order valence-electron chi connectivity index (χ4n) is 4.62. The van der Waals surface area contributed by atoms with Crippen LogP contribution in [-0.2, 0) is 15.0 Å².